The Morgan fingerprint density at radius 2 is 1.29 bits per heavy atom. The third kappa shape index (κ3) is 3.21. The van der Waals surface area contributed by atoms with Gasteiger partial charge in [0, 0.05) is 11.4 Å². The molecule has 0 aliphatic carbocycles. The monoisotopic (exact) mass is 286 g/mol. The topological polar surface area (TPSA) is 147 Å². The quantitative estimate of drug-likeness (QED) is 0.366. The van der Waals surface area contributed by atoms with E-state index in [1.165, 1.54) is 36.4 Å². The lowest BCUT2D eigenvalue weighted by Crippen LogP contribution is -2.14. The minimum atomic E-state index is -0.852. The molecule has 0 heterocycles. The summed E-state index contributed by atoms with van der Waals surface area (Å²) in [6, 6.07) is 8.41. The van der Waals surface area contributed by atoms with E-state index in [4.69, 9.17) is 27.7 Å². The van der Waals surface area contributed by atoms with E-state index < -0.39 is 11.9 Å². The molecule has 7 heteroatoms. The second-order valence-electron chi connectivity index (χ2n) is 4.41. The Balaban J connectivity index is 2.18. The van der Waals surface area contributed by atoms with Gasteiger partial charge in [-0.15, -0.1) is 0 Å². The Bertz CT molecular complexity index is 708. The van der Waals surface area contributed by atoms with Gasteiger partial charge in [0.25, 0.3) is 0 Å². The minimum absolute atomic E-state index is 0.0873. The summed E-state index contributed by atoms with van der Waals surface area (Å²) in [4.78, 5) is 23.7. The summed E-state index contributed by atoms with van der Waals surface area (Å²) in [5.74, 6) is -1.69. The first-order chi connectivity index (χ1) is 9.86. The van der Waals surface area contributed by atoms with Gasteiger partial charge < -0.3 is 27.7 Å². The average molecular weight is 286 g/mol. The highest BCUT2D eigenvalue weighted by Gasteiger charge is 2.16. The largest absolute Gasteiger partial charge is 0.399 e. The maximum atomic E-state index is 11.9. The van der Waals surface area contributed by atoms with Crippen LogP contribution < -0.4 is 22.9 Å². The van der Waals surface area contributed by atoms with Gasteiger partial charge in [0.05, 0.1) is 22.5 Å². The molecule has 0 aromatic heterocycles. The van der Waals surface area contributed by atoms with Crippen molar-refractivity contribution in [2.24, 2.45) is 0 Å². The van der Waals surface area contributed by atoms with Gasteiger partial charge in [-0.3, -0.25) is 0 Å². The van der Waals surface area contributed by atoms with E-state index in [9.17, 15) is 9.59 Å². The van der Waals surface area contributed by atoms with Crippen LogP contribution in [-0.4, -0.2) is 11.9 Å². The van der Waals surface area contributed by atoms with Gasteiger partial charge in [0.1, 0.15) is 0 Å². The minimum Gasteiger partial charge on any atom is -0.399 e. The maximum Gasteiger partial charge on any atom is 0.346 e. The standard InChI is InChI=1S/C14H14N4O3/c15-9-3-8(4-10(16)6-9)14(20)21-13(19)7-1-2-11(17)12(18)5-7/h1-6H,15-18H2. The van der Waals surface area contributed by atoms with Gasteiger partial charge in [-0.05, 0) is 36.4 Å². The molecule has 0 radical (unpaired) electrons. The van der Waals surface area contributed by atoms with Crippen LogP contribution in [0.15, 0.2) is 36.4 Å². The first kappa shape index (κ1) is 14.2. The molecule has 7 nitrogen and oxygen atoms in total. The Morgan fingerprint density at radius 1 is 0.714 bits per heavy atom. The molecule has 0 unspecified atom stereocenters. The fraction of sp³-hybridized carbons (Fsp3) is 0. The van der Waals surface area contributed by atoms with Crippen LogP contribution in [0.3, 0.4) is 0 Å². The van der Waals surface area contributed by atoms with Crippen LogP contribution in [0.25, 0.3) is 0 Å². The highest BCUT2D eigenvalue weighted by atomic mass is 16.6. The number of esters is 2. The second kappa shape index (κ2) is 5.41. The van der Waals surface area contributed by atoms with Gasteiger partial charge in [-0.1, -0.05) is 0 Å². The summed E-state index contributed by atoms with van der Waals surface area (Å²) in [6.45, 7) is 0. The van der Waals surface area contributed by atoms with Crippen LogP contribution in [0.5, 0.6) is 0 Å². The molecule has 0 saturated carbocycles. The van der Waals surface area contributed by atoms with Gasteiger partial charge >= 0.3 is 11.9 Å². The lowest BCUT2D eigenvalue weighted by molar-refractivity contribution is 0.0398. The van der Waals surface area contributed by atoms with Crippen LogP contribution in [0.2, 0.25) is 0 Å². The van der Waals surface area contributed by atoms with Crippen LogP contribution in [0.1, 0.15) is 20.7 Å². The van der Waals surface area contributed by atoms with Crippen molar-refractivity contribution >= 4 is 34.7 Å². The molecule has 2 aromatic rings. The number of ether oxygens (including phenoxy) is 1. The highest BCUT2D eigenvalue weighted by Crippen LogP contribution is 2.18. The zero-order valence-electron chi connectivity index (χ0n) is 11.0. The average Bonchev–Trinajstić information content (AvgIpc) is 2.40. The van der Waals surface area contributed by atoms with Crippen molar-refractivity contribution < 1.29 is 14.3 Å². The predicted molar refractivity (Wildman–Crippen MR) is 80.3 cm³/mol. The summed E-state index contributed by atoms with van der Waals surface area (Å²) >= 11 is 0. The summed E-state index contributed by atoms with van der Waals surface area (Å²) < 4.78 is 4.74. The second-order valence-corrected chi connectivity index (χ2v) is 4.41. The van der Waals surface area contributed by atoms with Crippen molar-refractivity contribution in [1.82, 2.24) is 0 Å². The van der Waals surface area contributed by atoms with Crippen LogP contribution in [0.4, 0.5) is 22.7 Å². The first-order valence-corrected chi connectivity index (χ1v) is 5.94. The third-order valence-corrected chi connectivity index (χ3v) is 2.72. The molecule has 0 amide bonds. The molecular weight excluding hydrogens is 272 g/mol. The number of nitrogens with two attached hydrogens (primary N) is 4. The van der Waals surface area contributed by atoms with Crippen molar-refractivity contribution in [2.75, 3.05) is 22.9 Å². The molecule has 0 atom stereocenters. The molecule has 0 saturated heterocycles. The smallest absolute Gasteiger partial charge is 0.346 e. The zero-order chi connectivity index (χ0) is 15.6. The van der Waals surface area contributed by atoms with Crippen LogP contribution in [-0.2, 0) is 4.74 Å². The molecule has 108 valence electrons. The maximum absolute atomic E-state index is 11.9. The number of rotatable bonds is 2. The molecule has 0 fully saturated rings. The number of benzene rings is 2. The normalized spacial score (nSPS) is 10.1. The lowest BCUT2D eigenvalue weighted by atomic mass is 10.1. The molecular formula is C14H14N4O3. The Kier molecular flexibility index (Phi) is 3.66. The number of hydrogen-bond acceptors (Lipinski definition) is 7. The molecule has 0 aliphatic rings. The zero-order valence-corrected chi connectivity index (χ0v) is 11.0. The number of nitrogen functional groups attached to an aromatic ring is 4. The van der Waals surface area contributed by atoms with Gasteiger partial charge in [0.2, 0.25) is 0 Å². The highest BCUT2D eigenvalue weighted by molar-refractivity contribution is 6.03. The third-order valence-electron chi connectivity index (χ3n) is 2.72. The van der Waals surface area contributed by atoms with Crippen LogP contribution >= 0.6 is 0 Å². The first-order valence-electron chi connectivity index (χ1n) is 5.94. The molecule has 0 spiro atoms. The lowest BCUT2D eigenvalue weighted by Gasteiger charge is -2.06. The van der Waals surface area contributed by atoms with Crippen molar-refractivity contribution in [1.29, 1.82) is 0 Å². The predicted octanol–water partition coefficient (Wildman–Crippen LogP) is 1.01. The summed E-state index contributed by atoms with van der Waals surface area (Å²) in [6.07, 6.45) is 0. The van der Waals surface area contributed by atoms with Crippen molar-refractivity contribution in [2.45, 2.75) is 0 Å². The van der Waals surface area contributed by atoms with E-state index in [1.54, 1.807) is 0 Å². The SMILES string of the molecule is Nc1cc(N)cc(C(=O)OC(=O)c2ccc(N)c(N)c2)c1. The van der Waals surface area contributed by atoms with Gasteiger partial charge in [-0.25, -0.2) is 9.59 Å². The van der Waals surface area contributed by atoms with E-state index in [0.717, 1.165) is 0 Å². The van der Waals surface area contributed by atoms with E-state index in [-0.39, 0.29) is 16.8 Å². The number of hydrogen-bond donors (Lipinski definition) is 4. The van der Waals surface area contributed by atoms with Crippen LogP contribution in [0, 0.1) is 0 Å². The molecule has 8 N–H and O–H groups in total. The van der Waals surface area contributed by atoms with E-state index in [1.807, 2.05) is 0 Å². The Labute approximate surface area is 120 Å². The number of carbonyl (C=O) groups excluding carboxylic acids is 2. The van der Waals surface area contributed by atoms with Gasteiger partial charge in [0.15, 0.2) is 0 Å². The Hall–Kier alpha value is -3.22. The molecule has 0 bridgehead atoms. The molecule has 2 rings (SSSR count). The molecule has 0 aliphatic heterocycles. The molecule has 2 aromatic carbocycles. The van der Waals surface area contributed by atoms with Crippen molar-refractivity contribution in [3.05, 3.63) is 47.5 Å². The summed E-state index contributed by atoms with van der Waals surface area (Å²) in [7, 11) is 0. The van der Waals surface area contributed by atoms with E-state index in [2.05, 4.69) is 0 Å². The van der Waals surface area contributed by atoms with Crippen molar-refractivity contribution in [3.63, 3.8) is 0 Å². The fourth-order valence-electron chi connectivity index (χ4n) is 1.70. The Morgan fingerprint density at radius 3 is 1.86 bits per heavy atom. The fourth-order valence-corrected chi connectivity index (χ4v) is 1.70. The summed E-state index contributed by atoms with van der Waals surface area (Å²) in [5.41, 5.74) is 23.6. The van der Waals surface area contributed by atoms with E-state index >= 15 is 0 Å². The number of anilines is 4. The number of carbonyl (C=O) groups is 2. The molecule has 21 heavy (non-hydrogen) atoms. The van der Waals surface area contributed by atoms with Crippen molar-refractivity contribution in [3.8, 4) is 0 Å². The van der Waals surface area contributed by atoms with Gasteiger partial charge in [-0.2, -0.15) is 0 Å². The van der Waals surface area contributed by atoms with E-state index in [0.29, 0.717) is 17.1 Å². The summed E-state index contributed by atoms with van der Waals surface area (Å²) in [5, 5.41) is 0.